The van der Waals surface area contributed by atoms with Crippen LogP contribution in [0.2, 0.25) is 0 Å². The summed E-state index contributed by atoms with van der Waals surface area (Å²) in [5.74, 6) is 1.04. The van der Waals surface area contributed by atoms with Crippen LogP contribution in [0.25, 0.3) is 0 Å². The lowest BCUT2D eigenvalue weighted by Gasteiger charge is -2.23. The number of hydrogen-bond donors (Lipinski definition) is 0. The Bertz CT molecular complexity index is 309. The largest absolute Gasteiger partial charge is 0.356 e. The molecule has 0 aliphatic rings. The van der Waals surface area contributed by atoms with Gasteiger partial charge in [-0.15, -0.1) is 0 Å². The predicted molar refractivity (Wildman–Crippen MR) is 72.4 cm³/mol. The first-order valence-corrected chi connectivity index (χ1v) is 6.83. The molecular formula is C11H16Br2N2. The molecule has 0 amide bonds. The summed E-state index contributed by atoms with van der Waals surface area (Å²) in [5, 5.41) is 0. The molecule has 0 spiro atoms. The molecule has 1 aromatic heterocycles. The van der Waals surface area contributed by atoms with Gasteiger partial charge in [0, 0.05) is 23.8 Å². The average Bonchev–Trinajstić information content (AvgIpc) is 2.17. The van der Waals surface area contributed by atoms with E-state index in [1.165, 1.54) is 0 Å². The number of pyridine rings is 1. The Kier molecular flexibility index (Phi) is 5.61. The number of anilines is 1. The van der Waals surface area contributed by atoms with Crippen molar-refractivity contribution in [2.75, 3.05) is 18.0 Å². The molecule has 0 saturated carbocycles. The number of hydrogen-bond acceptors (Lipinski definition) is 2. The van der Waals surface area contributed by atoms with Crippen molar-refractivity contribution >= 4 is 37.7 Å². The van der Waals surface area contributed by atoms with Gasteiger partial charge in [-0.1, -0.05) is 13.8 Å². The van der Waals surface area contributed by atoms with E-state index in [2.05, 4.69) is 55.6 Å². The van der Waals surface area contributed by atoms with E-state index >= 15 is 0 Å². The molecule has 1 rings (SSSR count). The third-order valence-corrected chi connectivity index (χ3v) is 3.09. The fraction of sp³-hybridized carbons (Fsp3) is 0.545. The Balaban J connectivity index is 2.89. The molecule has 4 heteroatoms. The molecule has 0 aliphatic heterocycles. The fourth-order valence-corrected chi connectivity index (χ4v) is 2.74. The highest BCUT2D eigenvalue weighted by atomic mass is 79.9. The van der Waals surface area contributed by atoms with Crippen molar-refractivity contribution in [2.45, 2.75) is 26.7 Å². The van der Waals surface area contributed by atoms with Crippen LogP contribution in [-0.2, 0) is 0 Å². The summed E-state index contributed by atoms with van der Waals surface area (Å²) in [4.78, 5) is 6.76. The zero-order valence-electron chi connectivity index (χ0n) is 9.13. The minimum absolute atomic E-state index is 1.01. The van der Waals surface area contributed by atoms with Crippen LogP contribution in [0.15, 0.2) is 21.2 Å². The van der Waals surface area contributed by atoms with Gasteiger partial charge in [-0.05, 0) is 50.8 Å². The second-order valence-electron chi connectivity index (χ2n) is 3.45. The monoisotopic (exact) mass is 334 g/mol. The molecule has 84 valence electrons. The normalized spacial score (nSPS) is 10.4. The Labute approximate surface area is 108 Å². The zero-order chi connectivity index (χ0) is 11.3. The highest BCUT2D eigenvalue weighted by Gasteiger charge is 2.10. The van der Waals surface area contributed by atoms with Crippen molar-refractivity contribution in [1.29, 1.82) is 0 Å². The quantitative estimate of drug-likeness (QED) is 0.800. The molecule has 0 atom stereocenters. The summed E-state index contributed by atoms with van der Waals surface area (Å²) >= 11 is 6.97. The minimum atomic E-state index is 1.01. The van der Waals surface area contributed by atoms with Crippen LogP contribution in [0.4, 0.5) is 5.82 Å². The fourth-order valence-electron chi connectivity index (χ4n) is 1.50. The van der Waals surface area contributed by atoms with Crippen molar-refractivity contribution in [3.05, 3.63) is 21.2 Å². The first-order valence-electron chi connectivity index (χ1n) is 5.25. The molecule has 0 radical (unpaired) electrons. The maximum absolute atomic E-state index is 4.45. The van der Waals surface area contributed by atoms with E-state index in [1.807, 2.05) is 12.3 Å². The second-order valence-corrected chi connectivity index (χ2v) is 5.22. The molecule has 15 heavy (non-hydrogen) atoms. The summed E-state index contributed by atoms with van der Waals surface area (Å²) < 4.78 is 2.06. The molecule has 0 fully saturated rings. The summed E-state index contributed by atoms with van der Waals surface area (Å²) in [6.45, 7) is 6.49. The summed E-state index contributed by atoms with van der Waals surface area (Å²) in [7, 11) is 0. The Hall–Kier alpha value is -0.0900. The molecule has 0 bridgehead atoms. The van der Waals surface area contributed by atoms with Crippen LogP contribution in [0.3, 0.4) is 0 Å². The molecule has 0 unspecified atom stereocenters. The SMILES string of the molecule is CCCN(CCC)c1ncc(Br)cc1Br. The van der Waals surface area contributed by atoms with Crippen molar-refractivity contribution in [3.8, 4) is 0 Å². The van der Waals surface area contributed by atoms with Gasteiger partial charge in [0.15, 0.2) is 0 Å². The van der Waals surface area contributed by atoms with Gasteiger partial charge in [-0.2, -0.15) is 0 Å². The van der Waals surface area contributed by atoms with E-state index in [-0.39, 0.29) is 0 Å². The van der Waals surface area contributed by atoms with E-state index in [9.17, 15) is 0 Å². The van der Waals surface area contributed by atoms with Crippen LogP contribution in [0, 0.1) is 0 Å². The summed E-state index contributed by atoms with van der Waals surface area (Å²) in [6.07, 6.45) is 4.13. The lowest BCUT2D eigenvalue weighted by atomic mass is 10.3. The van der Waals surface area contributed by atoms with Gasteiger partial charge in [0.2, 0.25) is 0 Å². The number of aromatic nitrogens is 1. The van der Waals surface area contributed by atoms with Gasteiger partial charge in [0.1, 0.15) is 5.82 Å². The van der Waals surface area contributed by atoms with Gasteiger partial charge >= 0.3 is 0 Å². The maximum atomic E-state index is 4.45. The van der Waals surface area contributed by atoms with E-state index in [4.69, 9.17) is 0 Å². The second kappa shape index (κ2) is 6.48. The summed E-state index contributed by atoms with van der Waals surface area (Å²) in [5.41, 5.74) is 0. The topological polar surface area (TPSA) is 16.1 Å². The average molecular weight is 336 g/mol. The lowest BCUT2D eigenvalue weighted by Crippen LogP contribution is -2.26. The summed E-state index contributed by atoms with van der Waals surface area (Å²) in [6, 6.07) is 2.04. The van der Waals surface area contributed by atoms with Gasteiger partial charge < -0.3 is 4.90 Å². The molecule has 1 aromatic rings. The van der Waals surface area contributed by atoms with Gasteiger partial charge in [0.05, 0.1) is 4.47 Å². The molecule has 0 N–H and O–H groups in total. The zero-order valence-corrected chi connectivity index (χ0v) is 12.3. The maximum Gasteiger partial charge on any atom is 0.142 e. The number of halogens is 2. The Morgan fingerprint density at radius 3 is 2.27 bits per heavy atom. The van der Waals surface area contributed by atoms with Crippen LogP contribution >= 0.6 is 31.9 Å². The third-order valence-electron chi connectivity index (χ3n) is 2.07. The minimum Gasteiger partial charge on any atom is -0.356 e. The number of nitrogens with zero attached hydrogens (tertiary/aromatic N) is 2. The van der Waals surface area contributed by atoms with Crippen LogP contribution in [0.1, 0.15) is 26.7 Å². The van der Waals surface area contributed by atoms with Gasteiger partial charge in [-0.3, -0.25) is 0 Å². The van der Waals surface area contributed by atoms with Gasteiger partial charge in [-0.25, -0.2) is 4.98 Å². The van der Waals surface area contributed by atoms with E-state index in [0.29, 0.717) is 0 Å². The van der Waals surface area contributed by atoms with E-state index in [0.717, 1.165) is 40.7 Å². The van der Waals surface area contributed by atoms with Crippen LogP contribution in [-0.4, -0.2) is 18.1 Å². The standard InChI is InChI=1S/C11H16Br2N2/c1-3-5-15(6-4-2)11-10(13)7-9(12)8-14-11/h7-8H,3-6H2,1-2H3. The first-order chi connectivity index (χ1) is 7.19. The Morgan fingerprint density at radius 1 is 1.20 bits per heavy atom. The molecular weight excluding hydrogens is 320 g/mol. The molecule has 0 aromatic carbocycles. The van der Waals surface area contributed by atoms with E-state index in [1.54, 1.807) is 0 Å². The van der Waals surface area contributed by atoms with Crippen molar-refractivity contribution in [3.63, 3.8) is 0 Å². The van der Waals surface area contributed by atoms with Gasteiger partial charge in [0.25, 0.3) is 0 Å². The molecule has 0 aliphatic carbocycles. The third kappa shape index (κ3) is 3.76. The van der Waals surface area contributed by atoms with Crippen LogP contribution in [0.5, 0.6) is 0 Å². The van der Waals surface area contributed by atoms with Crippen molar-refractivity contribution < 1.29 is 0 Å². The van der Waals surface area contributed by atoms with Crippen LogP contribution < -0.4 is 4.90 Å². The van der Waals surface area contributed by atoms with Crippen molar-refractivity contribution in [1.82, 2.24) is 4.98 Å². The Morgan fingerprint density at radius 2 is 1.80 bits per heavy atom. The smallest absolute Gasteiger partial charge is 0.142 e. The van der Waals surface area contributed by atoms with Crippen molar-refractivity contribution in [2.24, 2.45) is 0 Å². The molecule has 1 heterocycles. The first kappa shape index (κ1) is 13.0. The highest BCUT2D eigenvalue weighted by molar-refractivity contribution is 9.11. The lowest BCUT2D eigenvalue weighted by molar-refractivity contribution is 0.732. The predicted octanol–water partition coefficient (Wildman–Crippen LogP) is 4.23. The highest BCUT2D eigenvalue weighted by Crippen LogP contribution is 2.26. The molecule has 2 nitrogen and oxygen atoms in total. The van der Waals surface area contributed by atoms with E-state index < -0.39 is 0 Å². The number of rotatable bonds is 5. The molecule has 0 saturated heterocycles.